The summed E-state index contributed by atoms with van der Waals surface area (Å²) >= 11 is 0. The highest BCUT2D eigenvalue weighted by Crippen LogP contribution is 2.16. The van der Waals surface area contributed by atoms with Crippen LogP contribution in [0.1, 0.15) is 36.5 Å². The van der Waals surface area contributed by atoms with Crippen molar-refractivity contribution < 1.29 is 19.1 Å². The van der Waals surface area contributed by atoms with Gasteiger partial charge in [0.1, 0.15) is 5.75 Å². The average Bonchev–Trinajstić information content (AvgIpc) is 2.60. The molecule has 0 bridgehead atoms. The molecule has 0 radical (unpaired) electrons. The number of benzene rings is 1. The van der Waals surface area contributed by atoms with E-state index in [0.29, 0.717) is 37.6 Å². The van der Waals surface area contributed by atoms with Crippen LogP contribution in [0.2, 0.25) is 0 Å². The molecule has 132 valence electrons. The van der Waals surface area contributed by atoms with Gasteiger partial charge in [0.05, 0.1) is 6.10 Å². The number of ketones is 1. The summed E-state index contributed by atoms with van der Waals surface area (Å²) < 4.78 is 11.3. The fourth-order valence-electron chi connectivity index (χ4n) is 2.65. The molecule has 0 aliphatic carbocycles. The lowest BCUT2D eigenvalue weighted by molar-refractivity contribution is -0.136. The normalized spacial score (nSPS) is 15.3. The maximum Gasteiger partial charge on any atom is 0.260 e. The van der Waals surface area contributed by atoms with Crippen LogP contribution in [0.3, 0.4) is 0 Å². The van der Waals surface area contributed by atoms with Gasteiger partial charge >= 0.3 is 0 Å². The summed E-state index contributed by atoms with van der Waals surface area (Å²) in [6.45, 7) is 4.18. The molecule has 0 spiro atoms. The van der Waals surface area contributed by atoms with Gasteiger partial charge in [0.25, 0.3) is 5.91 Å². The predicted molar refractivity (Wildman–Crippen MR) is 91.2 cm³/mol. The number of amides is 1. The van der Waals surface area contributed by atoms with Crippen LogP contribution >= 0.6 is 0 Å². The van der Waals surface area contributed by atoms with Gasteiger partial charge in [-0.05, 0) is 44.9 Å². The van der Waals surface area contributed by atoms with Crippen molar-refractivity contribution in [2.75, 3.05) is 32.8 Å². The molecule has 1 saturated heterocycles. The standard InChI is InChI=1S/C18H26N2O4/c1-14(21)15-4-2-5-17(12-15)24-13-18(22)20-9-6-16(7-10-20)23-11-3-8-19/h2,4-5,12,16H,3,6-11,13,19H2,1H3. The fraction of sp³-hybridized carbons (Fsp3) is 0.556. The van der Waals surface area contributed by atoms with E-state index < -0.39 is 0 Å². The first-order chi connectivity index (χ1) is 11.6. The Morgan fingerprint density at radius 3 is 2.71 bits per heavy atom. The van der Waals surface area contributed by atoms with Crippen molar-refractivity contribution in [1.29, 1.82) is 0 Å². The lowest BCUT2D eigenvalue weighted by Gasteiger charge is -2.31. The number of ether oxygens (including phenoxy) is 2. The summed E-state index contributed by atoms with van der Waals surface area (Å²) in [7, 11) is 0. The molecule has 24 heavy (non-hydrogen) atoms. The van der Waals surface area contributed by atoms with Gasteiger partial charge in [0.15, 0.2) is 12.4 Å². The Hall–Kier alpha value is -1.92. The molecule has 1 amide bonds. The fourth-order valence-corrected chi connectivity index (χ4v) is 2.65. The lowest BCUT2D eigenvalue weighted by Crippen LogP contribution is -2.43. The van der Waals surface area contributed by atoms with Crippen LogP contribution in [0, 0.1) is 0 Å². The summed E-state index contributed by atoms with van der Waals surface area (Å²) in [5.74, 6) is 0.475. The molecule has 6 nitrogen and oxygen atoms in total. The number of carbonyl (C=O) groups excluding carboxylic acids is 2. The van der Waals surface area contributed by atoms with Gasteiger partial charge in [-0.3, -0.25) is 9.59 Å². The molecule has 0 aromatic heterocycles. The summed E-state index contributed by atoms with van der Waals surface area (Å²) in [4.78, 5) is 25.4. The average molecular weight is 334 g/mol. The molecule has 2 rings (SSSR count). The number of piperidine rings is 1. The molecular formula is C18H26N2O4. The molecule has 0 saturated carbocycles. The van der Waals surface area contributed by atoms with Crippen molar-refractivity contribution in [3.63, 3.8) is 0 Å². The van der Waals surface area contributed by atoms with E-state index in [9.17, 15) is 9.59 Å². The third-order valence-electron chi connectivity index (χ3n) is 4.10. The Balaban J connectivity index is 1.74. The topological polar surface area (TPSA) is 81.9 Å². The maximum absolute atomic E-state index is 12.2. The van der Waals surface area contributed by atoms with Crippen LogP contribution < -0.4 is 10.5 Å². The lowest BCUT2D eigenvalue weighted by atomic mass is 10.1. The predicted octanol–water partition coefficient (Wildman–Crippen LogP) is 1.62. The van der Waals surface area contributed by atoms with Crippen molar-refractivity contribution in [3.8, 4) is 5.75 Å². The second-order valence-electron chi connectivity index (χ2n) is 5.97. The van der Waals surface area contributed by atoms with Crippen LogP contribution in [-0.4, -0.2) is 55.5 Å². The van der Waals surface area contributed by atoms with E-state index >= 15 is 0 Å². The van der Waals surface area contributed by atoms with Crippen molar-refractivity contribution in [3.05, 3.63) is 29.8 Å². The number of hydrogen-bond acceptors (Lipinski definition) is 5. The second kappa shape index (κ2) is 9.39. The first-order valence-corrected chi connectivity index (χ1v) is 8.43. The molecular weight excluding hydrogens is 308 g/mol. The Morgan fingerprint density at radius 2 is 2.04 bits per heavy atom. The van der Waals surface area contributed by atoms with Crippen LogP contribution in [-0.2, 0) is 9.53 Å². The number of rotatable bonds is 8. The minimum atomic E-state index is -0.0383. The zero-order valence-corrected chi connectivity index (χ0v) is 14.2. The Bertz CT molecular complexity index is 554. The Kier molecular flexibility index (Phi) is 7.21. The number of nitrogens with zero attached hydrogens (tertiary/aromatic N) is 1. The molecule has 1 aromatic rings. The minimum Gasteiger partial charge on any atom is -0.484 e. The van der Waals surface area contributed by atoms with Gasteiger partial charge in [-0.2, -0.15) is 0 Å². The molecule has 0 atom stereocenters. The van der Waals surface area contributed by atoms with Crippen LogP contribution in [0.5, 0.6) is 5.75 Å². The molecule has 0 unspecified atom stereocenters. The van der Waals surface area contributed by atoms with Crippen molar-refractivity contribution in [2.45, 2.75) is 32.3 Å². The van der Waals surface area contributed by atoms with E-state index in [1.54, 1.807) is 29.2 Å². The van der Waals surface area contributed by atoms with Gasteiger partial charge in [-0.25, -0.2) is 0 Å². The highest BCUT2D eigenvalue weighted by Gasteiger charge is 2.23. The van der Waals surface area contributed by atoms with Crippen LogP contribution in [0.25, 0.3) is 0 Å². The minimum absolute atomic E-state index is 0.0138. The van der Waals surface area contributed by atoms with Crippen LogP contribution in [0.4, 0.5) is 0 Å². The molecule has 1 fully saturated rings. The van der Waals surface area contributed by atoms with Gasteiger partial charge < -0.3 is 20.1 Å². The first kappa shape index (κ1) is 18.4. The van der Waals surface area contributed by atoms with Crippen molar-refractivity contribution in [1.82, 2.24) is 4.90 Å². The van der Waals surface area contributed by atoms with E-state index in [1.807, 2.05) is 0 Å². The monoisotopic (exact) mass is 334 g/mol. The molecule has 1 heterocycles. The van der Waals surface area contributed by atoms with Gasteiger partial charge in [0, 0.05) is 25.3 Å². The zero-order chi connectivity index (χ0) is 17.4. The van der Waals surface area contributed by atoms with Crippen molar-refractivity contribution in [2.24, 2.45) is 5.73 Å². The van der Waals surface area contributed by atoms with Crippen LogP contribution in [0.15, 0.2) is 24.3 Å². The molecule has 1 aromatic carbocycles. The van der Waals surface area contributed by atoms with Gasteiger partial charge in [-0.15, -0.1) is 0 Å². The van der Waals surface area contributed by atoms with E-state index in [2.05, 4.69) is 0 Å². The van der Waals surface area contributed by atoms with E-state index in [0.717, 1.165) is 19.3 Å². The SMILES string of the molecule is CC(=O)c1cccc(OCC(=O)N2CCC(OCCCN)CC2)c1. The first-order valence-electron chi connectivity index (χ1n) is 8.43. The Labute approximate surface area is 142 Å². The summed E-state index contributed by atoms with van der Waals surface area (Å²) in [6.07, 6.45) is 2.77. The molecule has 2 N–H and O–H groups in total. The Morgan fingerprint density at radius 1 is 1.29 bits per heavy atom. The second-order valence-corrected chi connectivity index (χ2v) is 5.97. The molecule has 6 heteroatoms. The zero-order valence-electron chi connectivity index (χ0n) is 14.2. The number of carbonyl (C=O) groups is 2. The van der Waals surface area contributed by atoms with Crippen molar-refractivity contribution >= 4 is 11.7 Å². The van der Waals surface area contributed by atoms with E-state index in [-0.39, 0.29) is 24.4 Å². The highest BCUT2D eigenvalue weighted by molar-refractivity contribution is 5.94. The van der Waals surface area contributed by atoms with Gasteiger partial charge in [0.2, 0.25) is 0 Å². The largest absolute Gasteiger partial charge is 0.484 e. The number of hydrogen-bond donors (Lipinski definition) is 1. The third kappa shape index (κ3) is 5.62. The number of likely N-dealkylation sites (tertiary alicyclic amines) is 1. The summed E-state index contributed by atoms with van der Waals surface area (Å²) in [5, 5.41) is 0. The van der Waals surface area contributed by atoms with Gasteiger partial charge in [-0.1, -0.05) is 12.1 Å². The third-order valence-corrected chi connectivity index (χ3v) is 4.10. The molecule has 1 aliphatic rings. The number of nitrogens with two attached hydrogens (primary N) is 1. The number of Topliss-reactive ketones (excluding diaryl/α,β-unsaturated/α-hetero) is 1. The highest BCUT2D eigenvalue weighted by atomic mass is 16.5. The smallest absolute Gasteiger partial charge is 0.260 e. The quantitative estimate of drug-likeness (QED) is 0.577. The van der Waals surface area contributed by atoms with E-state index in [4.69, 9.17) is 15.2 Å². The molecule has 1 aliphatic heterocycles. The van der Waals surface area contributed by atoms with E-state index in [1.165, 1.54) is 6.92 Å². The maximum atomic E-state index is 12.2. The summed E-state index contributed by atoms with van der Waals surface area (Å²) in [6, 6.07) is 6.89. The summed E-state index contributed by atoms with van der Waals surface area (Å²) in [5.41, 5.74) is 6.03.